The minimum Gasteiger partial charge on any atom is -0.497 e. The van der Waals surface area contributed by atoms with Crippen molar-refractivity contribution in [3.8, 4) is 11.5 Å². The van der Waals surface area contributed by atoms with Crippen molar-refractivity contribution < 1.29 is 14.3 Å². The molecule has 0 unspecified atom stereocenters. The van der Waals surface area contributed by atoms with Crippen LogP contribution in [0.3, 0.4) is 0 Å². The number of nitrogens with zero attached hydrogens (tertiary/aromatic N) is 1. The van der Waals surface area contributed by atoms with Gasteiger partial charge in [0.15, 0.2) is 0 Å². The number of ether oxygens (including phenoxy) is 2. The Balaban J connectivity index is 2.60. The van der Waals surface area contributed by atoms with Gasteiger partial charge in [-0.3, -0.25) is 0 Å². The van der Waals surface area contributed by atoms with E-state index in [0.29, 0.717) is 0 Å². The van der Waals surface area contributed by atoms with Crippen LogP contribution in [0.1, 0.15) is 18.4 Å². The quantitative estimate of drug-likeness (QED) is 0.466. The molecule has 18 heavy (non-hydrogen) atoms. The molecule has 1 aliphatic carbocycles. The molecule has 0 N–H and O–H groups in total. The van der Waals surface area contributed by atoms with Crippen LogP contribution in [-0.2, 0) is 10.3 Å². The molecule has 4 nitrogen and oxygen atoms in total. The number of hydrogen-bond donors (Lipinski definition) is 0. The van der Waals surface area contributed by atoms with Gasteiger partial charge in [-0.25, -0.2) is 4.79 Å². The molecular weight excluding hydrogens is 250 g/mol. The molecule has 2 rings (SSSR count). The zero-order valence-corrected chi connectivity index (χ0v) is 11.5. The Morgan fingerprint density at radius 1 is 1.33 bits per heavy atom. The molecule has 1 fully saturated rings. The van der Waals surface area contributed by atoms with Crippen molar-refractivity contribution in [1.29, 1.82) is 0 Å². The van der Waals surface area contributed by atoms with Crippen molar-refractivity contribution in [3.63, 3.8) is 0 Å². The molecule has 0 radical (unpaired) electrons. The third-order valence-electron chi connectivity index (χ3n) is 3.17. The summed E-state index contributed by atoms with van der Waals surface area (Å²) in [5, 5.41) is 0. The Bertz CT molecular complexity index is 505. The summed E-state index contributed by atoms with van der Waals surface area (Å²) in [6.45, 7) is 0. The smallest absolute Gasteiger partial charge is 0.235 e. The summed E-state index contributed by atoms with van der Waals surface area (Å²) in [4.78, 5) is 15.5. The van der Waals surface area contributed by atoms with E-state index in [1.807, 2.05) is 18.4 Å². The van der Waals surface area contributed by atoms with E-state index in [2.05, 4.69) is 4.99 Å². The van der Waals surface area contributed by atoms with E-state index in [0.717, 1.165) is 34.8 Å². The lowest BCUT2D eigenvalue weighted by atomic mass is 10.0. The summed E-state index contributed by atoms with van der Waals surface area (Å²) in [7, 11) is 3.25. The van der Waals surface area contributed by atoms with Gasteiger partial charge in [0.1, 0.15) is 17.0 Å². The van der Waals surface area contributed by atoms with Crippen LogP contribution in [0.5, 0.6) is 11.5 Å². The second-order valence-electron chi connectivity index (χ2n) is 4.15. The number of carbonyl (C=O) groups excluding carboxylic acids is 1. The van der Waals surface area contributed by atoms with Crippen molar-refractivity contribution in [2.45, 2.75) is 23.3 Å². The van der Waals surface area contributed by atoms with Gasteiger partial charge in [0.25, 0.3) is 0 Å². The Hall–Kier alpha value is -1.45. The summed E-state index contributed by atoms with van der Waals surface area (Å²) >= 11 is 1.58. The van der Waals surface area contributed by atoms with Crippen molar-refractivity contribution in [2.75, 3.05) is 20.5 Å². The number of isocyanates is 1. The van der Waals surface area contributed by atoms with E-state index < -0.39 is 5.54 Å². The fourth-order valence-corrected chi connectivity index (χ4v) is 2.66. The predicted octanol–water partition coefficient (Wildman–Crippen LogP) is 2.75. The van der Waals surface area contributed by atoms with Gasteiger partial charge < -0.3 is 9.47 Å². The molecular formula is C13H15NO3S. The molecule has 0 saturated heterocycles. The first kappa shape index (κ1) is 13.0. The number of rotatable bonds is 5. The Morgan fingerprint density at radius 2 is 2.06 bits per heavy atom. The van der Waals surface area contributed by atoms with Crippen molar-refractivity contribution >= 4 is 17.8 Å². The van der Waals surface area contributed by atoms with Crippen LogP contribution in [0.15, 0.2) is 22.0 Å². The van der Waals surface area contributed by atoms with Crippen LogP contribution in [0, 0.1) is 0 Å². The lowest BCUT2D eigenvalue weighted by Crippen LogP contribution is -2.06. The average molecular weight is 265 g/mol. The van der Waals surface area contributed by atoms with Crippen molar-refractivity contribution in [3.05, 3.63) is 17.7 Å². The van der Waals surface area contributed by atoms with E-state index >= 15 is 0 Å². The van der Waals surface area contributed by atoms with Crippen molar-refractivity contribution in [2.24, 2.45) is 4.99 Å². The Kier molecular flexibility index (Phi) is 3.64. The molecule has 96 valence electrons. The molecule has 1 aliphatic rings. The third kappa shape index (κ3) is 2.11. The van der Waals surface area contributed by atoms with Gasteiger partial charge >= 0.3 is 0 Å². The highest BCUT2D eigenvalue weighted by Crippen LogP contribution is 2.54. The topological polar surface area (TPSA) is 47.9 Å². The summed E-state index contributed by atoms with van der Waals surface area (Å²) < 4.78 is 10.8. The van der Waals surface area contributed by atoms with Crippen LogP contribution in [0.4, 0.5) is 0 Å². The standard InChI is InChI=1S/C13H15NO3S/c1-16-9-6-10(13(4-5-13)14-8-15)12(17-2)11(7-9)18-3/h6-7H,4-5H2,1-3H3. The number of methoxy groups -OCH3 is 2. The zero-order chi connectivity index (χ0) is 13.2. The van der Waals surface area contributed by atoms with Gasteiger partial charge in [-0.05, 0) is 31.2 Å². The number of thioether (sulfide) groups is 1. The molecule has 0 spiro atoms. The largest absolute Gasteiger partial charge is 0.497 e. The van der Waals surface area contributed by atoms with Gasteiger partial charge in [-0.2, -0.15) is 4.99 Å². The molecule has 0 bridgehead atoms. The van der Waals surface area contributed by atoms with Crippen molar-refractivity contribution in [1.82, 2.24) is 0 Å². The second kappa shape index (κ2) is 5.04. The van der Waals surface area contributed by atoms with E-state index in [1.165, 1.54) is 0 Å². The fourth-order valence-electron chi connectivity index (χ4n) is 2.05. The Labute approximate surface area is 110 Å². The molecule has 0 heterocycles. The highest BCUT2D eigenvalue weighted by Gasteiger charge is 2.47. The summed E-state index contributed by atoms with van der Waals surface area (Å²) in [5.41, 5.74) is 0.462. The normalized spacial score (nSPS) is 15.7. The summed E-state index contributed by atoms with van der Waals surface area (Å²) in [5.74, 6) is 1.53. The van der Waals surface area contributed by atoms with Gasteiger partial charge in [-0.1, -0.05) is 0 Å². The lowest BCUT2D eigenvalue weighted by Gasteiger charge is -2.17. The fraction of sp³-hybridized carbons (Fsp3) is 0.462. The molecule has 1 saturated carbocycles. The maximum atomic E-state index is 10.6. The Morgan fingerprint density at radius 3 is 2.50 bits per heavy atom. The van der Waals surface area contributed by atoms with E-state index in [1.54, 1.807) is 32.1 Å². The molecule has 1 aromatic carbocycles. The van der Waals surface area contributed by atoms with Crippen LogP contribution in [0.25, 0.3) is 0 Å². The van der Waals surface area contributed by atoms with Crippen LogP contribution in [-0.4, -0.2) is 26.6 Å². The van der Waals surface area contributed by atoms with Crippen LogP contribution >= 0.6 is 11.8 Å². The van der Waals surface area contributed by atoms with Gasteiger partial charge in [-0.15, -0.1) is 11.8 Å². The maximum absolute atomic E-state index is 10.6. The zero-order valence-electron chi connectivity index (χ0n) is 10.6. The minimum atomic E-state index is -0.452. The first-order chi connectivity index (χ1) is 8.70. The maximum Gasteiger partial charge on any atom is 0.235 e. The number of aliphatic imine (C=N–C) groups is 1. The monoisotopic (exact) mass is 265 g/mol. The predicted molar refractivity (Wildman–Crippen MR) is 70.4 cm³/mol. The third-order valence-corrected chi connectivity index (χ3v) is 3.92. The molecule has 0 amide bonds. The molecule has 0 aromatic heterocycles. The average Bonchev–Trinajstić information content (AvgIpc) is 3.18. The molecule has 0 aliphatic heterocycles. The highest BCUT2D eigenvalue weighted by atomic mass is 32.2. The summed E-state index contributed by atoms with van der Waals surface area (Å²) in [6, 6.07) is 3.82. The van der Waals surface area contributed by atoms with E-state index in [9.17, 15) is 4.79 Å². The molecule has 5 heteroatoms. The summed E-state index contributed by atoms with van der Waals surface area (Å²) in [6.07, 6.45) is 5.34. The lowest BCUT2D eigenvalue weighted by molar-refractivity contribution is 0.384. The first-order valence-corrected chi connectivity index (χ1v) is 6.83. The highest BCUT2D eigenvalue weighted by molar-refractivity contribution is 7.98. The first-order valence-electron chi connectivity index (χ1n) is 5.60. The van der Waals surface area contributed by atoms with Crippen LogP contribution in [0.2, 0.25) is 0 Å². The van der Waals surface area contributed by atoms with Gasteiger partial charge in [0, 0.05) is 5.56 Å². The number of benzene rings is 1. The van der Waals surface area contributed by atoms with E-state index in [4.69, 9.17) is 9.47 Å². The molecule has 1 aromatic rings. The van der Waals surface area contributed by atoms with E-state index in [-0.39, 0.29) is 0 Å². The van der Waals surface area contributed by atoms with Gasteiger partial charge in [0.05, 0.1) is 19.1 Å². The minimum absolute atomic E-state index is 0.452. The number of hydrogen-bond acceptors (Lipinski definition) is 5. The molecule has 0 atom stereocenters. The van der Waals surface area contributed by atoms with Crippen LogP contribution < -0.4 is 9.47 Å². The second-order valence-corrected chi connectivity index (χ2v) is 4.99. The van der Waals surface area contributed by atoms with Gasteiger partial charge in [0.2, 0.25) is 6.08 Å². The SMILES string of the molecule is COc1cc(SC)c(OC)c(C2(N=C=O)CC2)c1.